The van der Waals surface area contributed by atoms with Gasteiger partial charge in [0.1, 0.15) is 12.6 Å². The number of ether oxygens (including phenoxy) is 1. The average molecular weight is 604 g/mol. The van der Waals surface area contributed by atoms with Crippen molar-refractivity contribution in [1.82, 2.24) is 15.5 Å². The third-order valence-electron chi connectivity index (χ3n) is 7.91. The van der Waals surface area contributed by atoms with Crippen LogP contribution in [-0.2, 0) is 38.5 Å². The number of hydrogen-bond acceptors (Lipinski definition) is 6. The number of rotatable bonds is 10. The van der Waals surface area contributed by atoms with Crippen LogP contribution in [0.2, 0.25) is 5.02 Å². The number of para-hydroxylation sites is 2. The van der Waals surface area contributed by atoms with Crippen LogP contribution in [-0.4, -0.2) is 74.1 Å². The molecule has 2 aliphatic rings. The van der Waals surface area contributed by atoms with Crippen molar-refractivity contribution in [3.8, 4) is 0 Å². The summed E-state index contributed by atoms with van der Waals surface area (Å²) in [4.78, 5) is 43.7. The first kappa shape index (κ1) is 30.5. The number of hydrogen-bond donors (Lipinski definition) is 3. The summed E-state index contributed by atoms with van der Waals surface area (Å²) in [6, 6.07) is 22.0. The third-order valence-corrected chi connectivity index (χ3v) is 8.16. The molecule has 0 aliphatic carbocycles. The number of carbonyl (C=O) groups is 3. The molecule has 0 unspecified atom stereocenters. The molecule has 3 amide bonds. The average Bonchev–Trinajstić information content (AvgIpc) is 3.04. The van der Waals surface area contributed by atoms with E-state index in [0.717, 1.165) is 16.8 Å². The fourth-order valence-corrected chi connectivity index (χ4v) is 5.72. The van der Waals surface area contributed by atoms with Crippen LogP contribution >= 0.6 is 11.6 Å². The number of fused-ring (bicyclic) bond motifs is 1. The zero-order chi connectivity index (χ0) is 30.2. The number of carbonyl (C=O) groups excluding carboxylic acids is 3. The Morgan fingerprint density at radius 2 is 1.65 bits per heavy atom. The summed E-state index contributed by atoms with van der Waals surface area (Å²) in [7, 11) is 0. The highest BCUT2D eigenvalue weighted by atomic mass is 35.5. The van der Waals surface area contributed by atoms with Crippen molar-refractivity contribution in [2.75, 3.05) is 49.6 Å². The SMILES string of the molecule is CCOCC(=O)Nc1ccccc1N1CCN(C(=O)[C@@H](Cc2ccc(Cl)cc2)NC(=O)[C@H]2Cc3ccccc3CN2)CC1. The van der Waals surface area contributed by atoms with Crippen molar-refractivity contribution in [3.05, 3.63) is 94.5 Å². The molecular formula is C33H38ClN5O4. The minimum atomic E-state index is -0.718. The van der Waals surface area contributed by atoms with Crippen molar-refractivity contribution in [2.24, 2.45) is 0 Å². The molecule has 3 aromatic rings. The Morgan fingerprint density at radius 3 is 2.40 bits per heavy atom. The van der Waals surface area contributed by atoms with Gasteiger partial charge in [-0.2, -0.15) is 0 Å². The molecule has 3 N–H and O–H groups in total. The van der Waals surface area contributed by atoms with Crippen LogP contribution in [0.25, 0.3) is 0 Å². The molecule has 43 heavy (non-hydrogen) atoms. The summed E-state index contributed by atoms with van der Waals surface area (Å²) in [5, 5.41) is 9.95. The van der Waals surface area contributed by atoms with Gasteiger partial charge in [0.25, 0.3) is 0 Å². The van der Waals surface area contributed by atoms with Gasteiger partial charge in [0.05, 0.1) is 17.4 Å². The molecule has 2 aliphatic heterocycles. The van der Waals surface area contributed by atoms with E-state index in [4.69, 9.17) is 16.3 Å². The Bertz CT molecular complexity index is 1420. The first-order valence-electron chi connectivity index (χ1n) is 14.8. The number of piperazine rings is 1. The lowest BCUT2D eigenvalue weighted by atomic mass is 9.95. The highest BCUT2D eigenvalue weighted by Crippen LogP contribution is 2.27. The van der Waals surface area contributed by atoms with Crippen molar-refractivity contribution < 1.29 is 19.1 Å². The molecule has 0 spiro atoms. The number of amides is 3. The van der Waals surface area contributed by atoms with Gasteiger partial charge in [0, 0.05) is 50.8 Å². The summed E-state index contributed by atoms with van der Waals surface area (Å²) in [5.74, 6) is -0.505. The van der Waals surface area contributed by atoms with Crippen LogP contribution in [0.3, 0.4) is 0 Å². The molecule has 5 rings (SSSR count). The van der Waals surface area contributed by atoms with E-state index in [1.165, 1.54) is 5.56 Å². The Morgan fingerprint density at radius 1 is 0.953 bits per heavy atom. The van der Waals surface area contributed by atoms with Gasteiger partial charge in [-0.1, -0.05) is 60.1 Å². The van der Waals surface area contributed by atoms with Gasteiger partial charge >= 0.3 is 0 Å². The number of nitrogens with zero attached hydrogens (tertiary/aromatic N) is 2. The van der Waals surface area contributed by atoms with Crippen molar-refractivity contribution in [1.29, 1.82) is 0 Å². The predicted molar refractivity (Wildman–Crippen MR) is 168 cm³/mol. The lowest BCUT2D eigenvalue weighted by Crippen LogP contribution is -2.58. The zero-order valence-electron chi connectivity index (χ0n) is 24.4. The van der Waals surface area contributed by atoms with E-state index in [1.54, 1.807) is 12.1 Å². The number of halogens is 1. The topological polar surface area (TPSA) is 103 Å². The second-order valence-electron chi connectivity index (χ2n) is 10.8. The molecule has 3 aromatic carbocycles. The Hall–Kier alpha value is -3.92. The maximum absolute atomic E-state index is 13.9. The normalized spacial score (nSPS) is 17.1. The van der Waals surface area contributed by atoms with Gasteiger partial charge < -0.3 is 30.5 Å². The Kier molecular flexibility index (Phi) is 10.3. The molecule has 0 radical (unpaired) electrons. The summed E-state index contributed by atoms with van der Waals surface area (Å²) in [6.07, 6.45) is 0.934. The van der Waals surface area contributed by atoms with Gasteiger partial charge in [0.15, 0.2) is 0 Å². The van der Waals surface area contributed by atoms with Crippen LogP contribution in [0, 0.1) is 0 Å². The molecule has 0 aromatic heterocycles. The Balaban J connectivity index is 1.25. The Labute approximate surface area is 257 Å². The number of nitrogens with one attached hydrogen (secondary N) is 3. The smallest absolute Gasteiger partial charge is 0.250 e. The van der Waals surface area contributed by atoms with Crippen LogP contribution in [0.4, 0.5) is 11.4 Å². The quantitative estimate of drug-likeness (QED) is 0.328. The second kappa shape index (κ2) is 14.5. The first-order valence-corrected chi connectivity index (χ1v) is 15.1. The van der Waals surface area contributed by atoms with Crippen LogP contribution in [0.5, 0.6) is 0 Å². The summed E-state index contributed by atoms with van der Waals surface area (Å²) in [5.41, 5.74) is 4.86. The molecule has 2 atom stereocenters. The van der Waals surface area contributed by atoms with Gasteiger partial charge in [-0.15, -0.1) is 0 Å². The summed E-state index contributed by atoms with van der Waals surface area (Å²) in [6.45, 7) is 5.08. The number of benzene rings is 3. The summed E-state index contributed by atoms with van der Waals surface area (Å²) >= 11 is 6.10. The van der Waals surface area contributed by atoms with E-state index >= 15 is 0 Å². The highest BCUT2D eigenvalue weighted by molar-refractivity contribution is 6.30. The molecule has 9 nitrogen and oxygen atoms in total. The van der Waals surface area contributed by atoms with Crippen LogP contribution < -0.4 is 20.9 Å². The molecule has 226 valence electrons. The van der Waals surface area contributed by atoms with E-state index in [-0.39, 0.29) is 24.3 Å². The van der Waals surface area contributed by atoms with Gasteiger partial charge in [-0.3, -0.25) is 14.4 Å². The molecule has 1 fully saturated rings. The van der Waals surface area contributed by atoms with Gasteiger partial charge in [-0.25, -0.2) is 0 Å². The molecule has 0 bridgehead atoms. The minimum absolute atomic E-state index is 0.00324. The molecular weight excluding hydrogens is 566 g/mol. The van der Waals surface area contributed by atoms with E-state index in [9.17, 15) is 14.4 Å². The second-order valence-corrected chi connectivity index (χ2v) is 11.2. The molecule has 1 saturated heterocycles. The van der Waals surface area contributed by atoms with Crippen molar-refractivity contribution in [3.63, 3.8) is 0 Å². The fourth-order valence-electron chi connectivity index (χ4n) is 5.59. The fraction of sp³-hybridized carbons (Fsp3) is 0.364. The maximum Gasteiger partial charge on any atom is 0.250 e. The zero-order valence-corrected chi connectivity index (χ0v) is 25.1. The molecule has 0 saturated carbocycles. The largest absolute Gasteiger partial charge is 0.372 e. The maximum atomic E-state index is 13.9. The predicted octanol–water partition coefficient (Wildman–Crippen LogP) is 3.41. The first-order chi connectivity index (χ1) is 20.9. The van der Waals surface area contributed by atoms with E-state index in [0.29, 0.717) is 62.9 Å². The van der Waals surface area contributed by atoms with Gasteiger partial charge in [0.2, 0.25) is 17.7 Å². The van der Waals surface area contributed by atoms with Crippen LogP contribution in [0.15, 0.2) is 72.8 Å². The molecule has 10 heteroatoms. The summed E-state index contributed by atoms with van der Waals surface area (Å²) < 4.78 is 5.24. The monoisotopic (exact) mass is 603 g/mol. The van der Waals surface area contributed by atoms with Crippen LogP contribution in [0.1, 0.15) is 23.6 Å². The highest BCUT2D eigenvalue weighted by Gasteiger charge is 2.32. The van der Waals surface area contributed by atoms with Gasteiger partial charge in [-0.05, 0) is 54.3 Å². The van der Waals surface area contributed by atoms with Crippen molar-refractivity contribution in [2.45, 2.75) is 38.4 Å². The standard InChI is InChI=1S/C33H38ClN5O4/c1-2-43-22-31(40)36-27-9-5-6-10-30(27)38-15-17-39(18-16-38)33(42)29(19-23-11-13-26(34)14-12-23)37-32(41)28-20-24-7-3-4-8-25(24)21-35-28/h3-14,28-29,35H,2,15-22H2,1H3,(H,36,40)(H,37,41)/t28-,29-/m1/s1. The van der Waals surface area contributed by atoms with E-state index in [1.807, 2.05) is 60.4 Å². The van der Waals surface area contributed by atoms with E-state index < -0.39 is 12.1 Å². The lowest BCUT2D eigenvalue weighted by Gasteiger charge is -2.38. The van der Waals surface area contributed by atoms with E-state index in [2.05, 4.69) is 33.0 Å². The minimum Gasteiger partial charge on any atom is -0.372 e. The number of anilines is 2. The third kappa shape index (κ3) is 7.93. The molecule has 2 heterocycles. The lowest BCUT2D eigenvalue weighted by molar-refractivity contribution is -0.137. The van der Waals surface area contributed by atoms with Crippen molar-refractivity contribution >= 4 is 40.7 Å².